The lowest BCUT2D eigenvalue weighted by Gasteiger charge is -2.36. The molecule has 0 aromatic carbocycles. The summed E-state index contributed by atoms with van der Waals surface area (Å²) in [5.74, 6) is -0.179. The van der Waals surface area contributed by atoms with E-state index in [1.165, 1.54) is 23.4 Å². The van der Waals surface area contributed by atoms with E-state index in [2.05, 4.69) is 21.5 Å². The van der Waals surface area contributed by atoms with E-state index in [-0.39, 0.29) is 17.9 Å². The Bertz CT molecular complexity index is 680. The number of hydrazone groups is 1. The Balaban J connectivity index is 1.54. The molecule has 0 N–H and O–H groups in total. The molecule has 2 aliphatic rings. The average Bonchev–Trinajstić information content (AvgIpc) is 3.21. The number of rotatable bonds is 6. The second-order valence-corrected chi connectivity index (χ2v) is 5.72. The number of amides is 1. The molecule has 25 heavy (non-hydrogen) atoms. The summed E-state index contributed by atoms with van der Waals surface area (Å²) >= 11 is 0. The van der Waals surface area contributed by atoms with Crippen molar-refractivity contribution < 1.29 is 18.9 Å². The van der Waals surface area contributed by atoms with Gasteiger partial charge in [-0.2, -0.15) is 10.1 Å². The van der Waals surface area contributed by atoms with E-state index in [4.69, 9.17) is 9.15 Å². The third kappa shape index (κ3) is 4.03. The van der Waals surface area contributed by atoms with Gasteiger partial charge in [0.25, 0.3) is 0 Å². The van der Waals surface area contributed by atoms with Gasteiger partial charge in [0.15, 0.2) is 12.0 Å². The number of piperazine rings is 1. The Morgan fingerprint density at radius 2 is 2.12 bits per heavy atom. The van der Waals surface area contributed by atoms with E-state index in [1.54, 1.807) is 0 Å². The van der Waals surface area contributed by atoms with Crippen molar-refractivity contribution >= 4 is 18.2 Å². The number of nitrogens with zero attached hydrogens (tertiary/aromatic N) is 5. The summed E-state index contributed by atoms with van der Waals surface area (Å²) in [6.07, 6.45) is 2.25. The Labute approximate surface area is 144 Å². The van der Waals surface area contributed by atoms with Crippen molar-refractivity contribution in [2.75, 3.05) is 39.3 Å². The van der Waals surface area contributed by atoms with Crippen LogP contribution in [0, 0.1) is 10.1 Å². The first kappa shape index (κ1) is 17.1. The van der Waals surface area contributed by atoms with E-state index in [9.17, 15) is 14.9 Å². The molecule has 10 heteroatoms. The minimum Gasteiger partial charge on any atom is -0.427 e. The summed E-state index contributed by atoms with van der Waals surface area (Å²) < 4.78 is 10.3. The molecule has 3 heterocycles. The maximum absolute atomic E-state index is 11.9. The van der Waals surface area contributed by atoms with Gasteiger partial charge >= 0.3 is 12.0 Å². The number of ether oxygens (including phenoxy) is 1. The molecule has 1 amide bonds. The van der Waals surface area contributed by atoms with Gasteiger partial charge < -0.3 is 9.15 Å². The highest BCUT2D eigenvalue weighted by molar-refractivity contribution is 5.78. The average molecular weight is 349 g/mol. The maximum Gasteiger partial charge on any atom is 0.433 e. The SMILES string of the molecule is C=CCN1CCN(C2CN(/N=C\c3ccc([N+](=O)[O-])o3)C(=O)O2)CC1. The van der Waals surface area contributed by atoms with Gasteiger partial charge in [-0.3, -0.25) is 19.9 Å². The lowest BCUT2D eigenvalue weighted by molar-refractivity contribution is -0.402. The van der Waals surface area contributed by atoms with Crippen molar-refractivity contribution in [1.29, 1.82) is 0 Å². The van der Waals surface area contributed by atoms with Crippen molar-refractivity contribution in [1.82, 2.24) is 14.8 Å². The first-order valence-corrected chi connectivity index (χ1v) is 7.90. The topological polar surface area (TPSA) is 105 Å². The van der Waals surface area contributed by atoms with Crippen molar-refractivity contribution in [3.05, 3.63) is 40.7 Å². The molecular weight excluding hydrogens is 330 g/mol. The molecule has 3 rings (SSSR count). The summed E-state index contributed by atoms with van der Waals surface area (Å²) in [6.45, 7) is 8.27. The molecule has 0 aliphatic carbocycles. The van der Waals surface area contributed by atoms with Crippen LogP contribution in [0.4, 0.5) is 10.7 Å². The molecule has 2 saturated heterocycles. The van der Waals surface area contributed by atoms with Gasteiger partial charge in [-0.1, -0.05) is 6.08 Å². The van der Waals surface area contributed by atoms with Crippen LogP contribution in [0.2, 0.25) is 0 Å². The molecule has 0 radical (unpaired) electrons. The molecule has 0 spiro atoms. The second-order valence-electron chi connectivity index (χ2n) is 5.72. The Morgan fingerprint density at radius 3 is 2.76 bits per heavy atom. The van der Waals surface area contributed by atoms with Crippen LogP contribution in [0.1, 0.15) is 5.76 Å². The standard InChI is InChI=1S/C15H19N5O5/c1-2-5-17-6-8-18(9-7-17)14-11-19(15(21)25-14)16-10-12-3-4-13(24-12)20(22)23/h2-4,10,14H,1,5-9,11H2/b16-10-. The minimum absolute atomic E-state index is 0.195. The first-order valence-electron chi connectivity index (χ1n) is 7.90. The predicted octanol–water partition coefficient (Wildman–Crippen LogP) is 1.10. The number of nitro groups is 1. The molecule has 2 aliphatic heterocycles. The Morgan fingerprint density at radius 1 is 1.36 bits per heavy atom. The lowest BCUT2D eigenvalue weighted by Crippen LogP contribution is -2.51. The third-order valence-electron chi connectivity index (χ3n) is 4.10. The molecule has 1 atom stereocenters. The summed E-state index contributed by atoms with van der Waals surface area (Å²) in [5.41, 5.74) is 0. The van der Waals surface area contributed by atoms with Gasteiger partial charge in [-0.05, 0) is 6.07 Å². The second kappa shape index (κ2) is 7.45. The van der Waals surface area contributed by atoms with Crippen molar-refractivity contribution in [2.24, 2.45) is 5.10 Å². The van der Waals surface area contributed by atoms with Crippen LogP contribution in [0.25, 0.3) is 0 Å². The normalized spacial score (nSPS) is 22.5. The molecule has 10 nitrogen and oxygen atoms in total. The van der Waals surface area contributed by atoms with E-state index >= 15 is 0 Å². The highest BCUT2D eigenvalue weighted by atomic mass is 16.6. The molecular formula is C15H19N5O5. The molecule has 1 unspecified atom stereocenters. The molecule has 0 bridgehead atoms. The van der Waals surface area contributed by atoms with Crippen LogP contribution in [-0.4, -0.2) is 77.5 Å². The fourth-order valence-corrected chi connectivity index (χ4v) is 2.77. The van der Waals surface area contributed by atoms with E-state index in [1.807, 2.05) is 6.08 Å². The van der Waals surface area contributed by atoms with Gasteiger partial charge in [0.1, 0.15) is 4.92 Å². The summed E-state index contributed by atoms with van der Waals surface area (Å²) in [5, 5.41) is 15.8. The number of carbonyl (C=O) groups excluding carboxylic acids is 1. The number of hydrogen-bond acceptors (Lipinski definition) is 8. The zero-order valence-corrected chi connectivity index (χ0v) is 13.6. The van der Waals surface area contributed by atoms with Gasteiger partial charge in [0, 0.05) is 32.7 Å². The third-order valence-corrected chi connectivity index (χ3v) is 4.10. The fourth-order valence-electron chi connectivity index (χ4n) is 2.77. The Hall–Kier alpha value is -2.72. The predicted molar refractivity (Wildman–Crippen MR) is 88.1 cm³/mol. The van der Waals surface area contributed by atoms with Gasteiger partial charge in [-0.25, -0.2) is 4.79 Å². The quantitative estimate of drug-likeness (QED) is 0.328. The van der Waals surface area contributed by atoms with Crippen LogP contribution >= 0.6 is 0 Å². The van der Waals surface area contributed by atoms with Crippen LogP contribution in [0.15, 0.2) is 34.3 Å². The zero-order valence-electron chi connectivity index (χ0n) is 13.6. The van der Waals surface area contributed by atoms with Crippen LogP contribution in [-0.2, 0) is 4.74 Å². The van der Waals surface area contributed by atoms with Crippen molar-refractivity contribution in [3.63, 3.8) is 0 Å². The monoisotopic (exact) mass is 349 g/mol. The zero-order chi connectivity index (χ0) is 17.8. The van der Waals surface area contributed by atoms with E-state index in [0.29, 0.717) is 6.54 Å². The Kier molecular flexibility index (Phi) is 5.10. The number of hydrogen-bond donors (Lipinski definition) is 0. The van der Waals surface area contributed by atoms with Crippen molar-refractivity contribution in [2.45, 2.75) is 6.23 Å². The minimum atomic E-state index is -0.635. The molecule has 134 valence electrons. The highest BCUT2D eigenvalue weighted by Gasteiger charge is 2.36. The lowest BCUT2D eigenvalue weighted by atomic mass is 10.3. The maximum atomic E-state index is 11.9. The van der Waals surface area contributed by atoms with Crippen molar-refractivity contribution in [3.8, 4) is 0 Å². The van der Waals surface area contributed by atoms with Gasteiger partial charge in [0.2, 0.25) is 0 Å². The molecule has 1 aromatic heterocycles. The number of cyclic esters (lactones) is 1. The van der Waals surface area contributed by atoms with E-state index < -0.39 is 11.0 Å². The summed E-state index contributed by atoms with van der Waals surface area (Å²) in [7, 11) is 0. The first-order chi connectivity index (χ1) is 12.1. The van der Waals surface area contributed by atoms with Gasteiger partial charge in [0.05, 0.1) is 18.8 Å². The largest absolute Gasteiger partial charge is 0.433 e. The van der Waals surface area contributed by atoms with Gasteiger partial charge in [-0.15, -0.1) is 6.58 Å². The van der Waals surface area contributed by atoms with E-state index in [0.717, 1.165) is 32.7 Å². The van der Waals surface area contributed by atoms with Crippen LogP contribution in [0.3, 0.4) is 0 Å². The summed E-state index contributed by atoms with van der Waals surface area (Å²) in [6, 6.07) is 2.65. The smallest absolute Gasteiger partial charge is 0.427 e. The van der Waals surface area contributed by atoms with Crippen LogP contribution < -0.4 is 0 Å². The number of furan rings is 1. The van der Waals surface area contributed by atoms with Crippen LogP contribution in [0.5, 0.6) is 0 Å². The fraction of sp³-hybridized carbons (Fsp3) is 0.467. The molecule has 1 aromatic rings. The summed E-state index contributed by atoms with van der Waals surface area (Å²) in [4.78, 5) is 26.3. The number of carbonyl (C=O) groups is 1. The molecule has 2 fully saturated rings. The highest BCUT2D eigenvalue weighted by Crippen LogP contribution is 2.18. The molecule has 0 saturated carbocycles.